The molecular weight excluding hydrogens is 394 g/mol. The van der Waals surface area contributed by atoms with Crippen molar-refractivity contribution in [3.05, 3.63) is 52.5 Å². The lowest BCUT2D eigenvalue weighted by atomic mass is 10.0. The molecule has 0 fully saturated rings. The van der Waals surface area contributed by atoms with Crippen LogP contribution in [-0.2, 0) is 14.3 Å². The van der Waals surface area contributed by atoms with Gasteiger partial charge in [0.2, 0.25) is 0 Å². The van der Waals surface area contributed by atoms with E-state index in [-0.39, 0.29) is 12.5 Å². The molecule has 0 aliphatic carbocycles. The van der Waals surface area contributed by atoms with Crippen LogP contribution in [0.5, 0.6) is 11.5 Å². The molecule has 0 aliphatic heterocycles. The second-order valence-corrected chi connectivity index (χ2v) is 7.31. The Morgan fingerprint density at radius 2 is 1.79 bits per heavy atom. The highest BCUT2D eigenvalue weighted by Gasteiger charge is 2.20. The van der Waals surface area contributed by atoms with Gasteiger partial charge in [-0.05, 0) is 55.2 Å². The average molecular weight is 420 g/mol. The van der Waals surface area contributed by atoms with E-state index in [9.17, 15) is 9.59 Å². The Morgan fingerprint density at radius 1 is 1.10 bits per heavy atom. The van der Waals surface area contributed by atoms with Gasteiger partial charge in [-0.2, -0.15) is 0 Å². The van der Waals surface area contributed by atoms with Crippen LogP contribution in [0.1, 0.15) is 37.8 Å². The summed E-state index contributed by atoms with van der Waals surface area (Å²) in [6.45, 7) is 7.07. The Morgan fingerprint density at radius 3 is 2.45 bits per heavy atom. The molecule has 0 heterocycles. The van der Waals surface area contributed by atoms with Gasteiger partial charge in [0.25, 0.3) is 5.91 Å². The number of amides is 1. The minimum absolute atomic E-state index is 0.171. The van der Waals surface area contributed by atoms with Crippen molar-refractivity contribution in [2.24, 2.45) is 0 Å². The highest BCUT2D eigenvalue weighted by atomic mass is 35.5. The number of para-hydroxylation sites is 2. The average Bonchev–Trinajstić information content (AvgIpc) is 2.68. The lowest BCUT2D eigenvalue weighted by Crippen LogP contribution is -2.31. The number of carbonyl (C=O) groups is 2. The fourth-order valence-corrected chi connectivity index (χ4v) is 2.82. The summed E-state index contributed by atoms with van der Waals surface area (Å²) < 4.78 is 16.0. The van der Waals surface area contributed by atoms with Crippen molar-refractivity contribution >= 4 is 29.2 Å². The van der Waals surface area contributed by atoms with Crippen LogP contribution >= 0.6 is 11.6 Å². The number of hydrogen-bond acceptors (Lipinski definition) is 5. The second kappa shape index (κ2) is 10.2. The number of hydrogen-bond donors (Lipinski definition) is 1. The molecule has 2 aromatic rings. The summed E-state index contributed by atoms with van der Waals surface area (Å²) in [5.41, 5.74) is 2.25. The first-order chi connectivity index (χ1) is 13.7. The van der Waals surface area contributed by atoms with E-state index in [2.05, 4.69) is 5.32 Å². The molecule has 0 unspecified atom stereocenters. The number of aryl methyl sites for hydroxylation is 1. The van der Waals surface area contributed by atoms with Crippen LogP contribution in [0.15, 0.2) is 36.4 Å². The van der Waals surface area contributed by atoms with Crippen LogP contribution in [-0.4, -0.2) is 31.7 Å². The van der Waals surface area contributed by atoms with E-state index in [0.717, 1.165) is 11.1 Å². The maximum atomic E-state index is 12.3. The Balaban J connectivity index is 1.95. The largest absolute Gasteiger partial charge is 0.495 e. The first kappa shape index (κ1) is 22.6. The third-order valence-electron chi connectivity index (χ3n) is 4.30. The lowest BCUT2D eigenvalue weighted by molar-refractivity contribution is -0.155. The Kier molecular flexibility index (Phi) is 7.91. The number of nitrogens with one attached hydrogen (secondary N) is 1. The van der Waals surface area contributed by atoms with E-state index in [1.54, 1.807) is 30.3 Å². The molecular formula is C22H26ClNO5. The van der Waals surface area contributed by atoms with Crippen molar-refractivity contribution in [2.45, 2.75) is 39.7 Å². The zero-order chi connectivity index (χ0) is 21.6. The molecule has 0 saturated heterocycles. The number of benzene rings is 2. The maximum Gasteiger partial charge on any atom is 0.344 e. The summed E-state index contributed by atoms with van der Waals surface area (Å²) in [4.78, 5) is 24.5. The Hall–Kier alpha value is -2.73. The number of halogens is 1. The Bertz CT molecular complexity index is 882. The molecule has 1 atom stereocenters. The molecule has 2 aromatic carbocycles. The number of rotatable bonds is 8. The fraction of sp³-hybridized carbons (Fsp3) is 0.364. The first-order valence-corrected chi connectivity index (χ1v) is 9.67. The van der Waals surface area contributed by atoms with Crippen LogP contribution in [0.25, 0.3) is 0 Å². The molecule has 7 heteroatoms. The number of anilines is 1. The van der Waals surface area contributed by atoms with Gasteiger partial charge in [0.05, 0.1) is 12.8 Å². The van der Waals surface area contributed by atoms with Gasteiger partial charge in [-0.15, -0.1) is 0 Å². The minimum atomic E-state index is -0.993. The van der Waals surface area contributed by atoms with E-state index >= 15 is 0 Å². The van der Waals surface area contributed by atoms with E-state index in [1.165, 1.54) is 14.0 Å². The van der Waals surface area contributed by atoms with Crippen LogP contribution in [0.2, 0.25) is 5.02 Å². The van der Waals surface area contributed by atoms with Gasteiger partial charge in [-0.1, -0.05) is 37.6 Å². The third-order valence-corrected chi connectivity index (χ3v) is 4.71. The molecule has 0 aliphatic rings. The Labute approximate surface area is 176 Å². The molecule has 2 rings (SSSR count). The number of esters is 1. The first-order valence-electron chi connectivity index (χ1n) is 9.29. The van der Waals surface area contributed by atoms with Crippen LogP contribution in [0.4, 0.5) is 5.69 Å². The summed E-state index contributed by atoms with van der Waals surface area (Å²) in [5.74, 6) is 0.153. The number of carbonyl (C=O) groups excluding carboxylic acids is 2. The third kappa shape index (κ3) is 6.12. The van der Waals surface area contributed by atoms with E-state index in [0.29, 0.717) is 22.2 Å². The van der Waals surface area contributed by atoms with Gasteiger partial charge < -0.3 is 19.5 Å². The number of methoxy groups -OCH3 is 1. The van der Waals surface area contributed by atoms with Crippen LogP contribution in [0, 0.1) is 6.92 Å². The normalized spacial score (nSPS) is 11.7. The van der Waals surface area contributed by atoms with Crippen molar-refractivity contribution in [1.82, 2.24) is 0 Å². The van der Waals surface area contributed by atoms with Gasteiger partial charge in [0.1, 0.15) is 11.5 Å². The van der Waals surface area contributed by atoms with Crippen LogP contribution < -0.4 is 14.8 Å². The molecule has 0 spiro atoms. The SMILES string of the molecule is COc1ccccc1NC(=O)[C@@H](C)OC(=O)COc1cc(C)c(Cl)cc1C(C)C. The predicted octanol–water partition coefficient (Wildman–Crippen LogP) is 4.73. The summed E-state index contributed by atoms with van der Waals surface area (Å²) in [5, 5.41) is 3.33. The predicted molar refractivity (Wildman–Crippen MR) is 113 cm³/mol. The topological polar surface area (TPSA) is 73.9 Å². The molecule has 0 bridgehead atoms. The fourth-order valence-electron chi connectivity index (χ4n) is 2.65. The van der Waals surface area contributed by atoms with Crippen molar-refractivity contribution in [2.75, 3.05) is 19.0 Å². The van der Waals surface area contributed by atoms with E-state index in [4.69, 9.17) is 25.8 Å². The molecule has 0 saturated carbocycles. The quantitative estimate of drug-likeness (QED) is 0.626. The van der Waals surface area contributed by atoms with Gasteiger partial charge in [0, 0.05) is 5.02 Å². The van der Waals surface area contributed by atoms with Crippen molar-refractivity contribution in [3.63, 3.8) is 0 Å². The monoisotopic (exact) mass is 419 g/mol. The molecule has 1 N–H and O–H groups in total. The molecule has 156 valence electrons. The van der Waals surface area contributed by atoms with Crippen LogP contribution in [0.3, 0.4) is 0 Å². The van der Waals surface area contributed by atoms with Gasteiger partial charge in [0.15, 0.2) is 12.7 Å². The molecule has 6 nitrogen and oxygen atoms in total. The summed E-state index contributed by atoms with van der Waals surface area (Å²) in [7, 11) is 1.51. The van der Waals surface area contributed by atoms with E-state index < -0.39 is 18.0 Å². The summed E-state index contributed by atoms with van der Waals surface area (Å²) >= 11 is 6.18. The van der Waals surface area contributed by atoms with Crippen molar-refractivity contribution < 1.29 is 23.8 Å². The minimum Gasteiger partial charge on any atom is -0.495 e. The smallest absolute Gasteiger partial charge is 0.344 e. The van der Waals surface area contributed by atoms with Gasteiger partial charge in [-0.25, -0.2) is 4.79 Å². The summed E-state index contributed by atoms with van der Waals surface area (Å²) in [6, 6.07) is 10.6. The van der Waals surface area contributed by atoms with Crippen molar-refractivity contribution in [1.29, 1.82) is 0 Å². The van der Waals surface area contributed by atoms with Gasteiger partial charge >= 0.3 is 5.97 Å². The molecule has 1 amide bonds. The highest BCUT2D eigenvalue weighted by Crippen LogP contribution is 2.32. The second-order valence-electron chi connectivity index (χ2n) is 6.90. The molecule has 0 aromatic heterocycles. The van der Waals surface area contributed by atoms with Gasteiger partial charge in [-0.3, -0.25) is 4.79 Å². The van der Waals surface area contributed by atoms with E-state index in [1.807, 2.05) is 26.8 Å². The van der Waals surface area contributed by atoms with Crippen molar-refractivity contribution in [3.8, 4) is 11.5 Å². The molecule has 0 radical (unpaired) electrons. The maximum absolute atomic E-state index is 12.3. The summed E-state index contributed by atoms with van der Waals surface area (Å²) in [6.07, 6.45) is -0.993. The molecule has 29 heavy (non-hydrogen) atoms. The zero-order valence-corrected chi connectivity index (χ0v) is 18.0. The number of ether oxygens (including phenoxy) is 3. The zero-order valence-electron chi connectivity index (χ0n) is 17.2. The lowest BCUT2D eigenvalue weighted by Gasteiger charge is -2.17. The standard InChI is InChI=1S/C22H26ClNO5/c1-13(2)16-11-17(23)14(3)10-20(16)28-12-21(25)29-15(4)22(26)24-18-8-6-7-9-19(18)27-5/h6-11,13,15H,12H2,1-5H3,(H,24,26)/t15-/m1/s1. The highest BCUT2D eigenvalue weighted by molar-refractivity contribution is 6.31.